The van der Waals surface area contributed by atoms with Gasteiger partial charge in [0.25, 0.3) is 5.91 Å². The van der Waals surface area contributed by atoms with Crippen LogP contribution in [0.3, 0.4) is 0 Å². The summed E-state index contributed by atoms with van der Waals surface area (Å²) in [5, 5.41) is 72.2. The number of carbonyl (C=O) groups is 8. The molecule has 739 valence electrons. The zero-order valence-corrected chi connectivity index (χ0v) is 82.4. The molecule has 0 unspecified atom stereocenters. The van der Waals surface area contributed by atoms with E-state index in [1.165, 1.54) is 17.7 Å². The van der Waals surface area contributed by atoms with E-state index in [2.05, 4.69) is 19.3 Å². The van der Waals surface area contributed by atoms with E-state index in [1.807, 2.05) is 115 Å². The summed E-state index contributed by atoms with van der Waals surface area (Å²) in [6.45, 7) is 22.7. The molecular formula is C90H135BN11NaO28PS2. The van der Waals surface area contributed by atoms with Crippen molar-refractivity contribution in [3.8, 4) is 23.0 Å². The van der Waals surface area contributed by atoms with E-state index in [1.54, 1.807) is 89.0 Å². The summed E-state index contributed by atoms with van der Waals surface area (Å²) in [7, 11) is -7.19. The third kappa shape index (κ3) is 36.2. The Bertz CT molecular complexity index is 4870. The number of aromatic hydroxyl groups is 1. The van der Waals surface area contributed by atoms with Crippen LogP contribution in [0.2, 0.25) is 0 Å². The first-order valence-corrected chi connectivity index (χ1v) is 46.9. The van der Waals surface area contributed by atoms with Crippen molar-refractivity contribution in [2.24, 2.45) is 21.0 Å². The van der Waals surface area contributed by atoms with Crippen LogP contribution in [0.1, 0.15) is 204 Å². The number of phenolic OH excluding ortho intramolecular Hbond substituents is 1. The fourth-order valence-corrected chi connectivity index (χ4v) is 14.6. The Morgan fingerprint density at radius 2 is 0.940 bits per heavy atom. The standard InChI is InChI=1S/C25H29N4O8P.C20H28N2O4S.C16H19NO4.C8H13NO3.C8H8O2.2C4H11NO3.C4H11NOS.CH4.B.Na.H/c1-2-35-24(31)28-12-10-25(11-13-28)14-20(18-7-3-4-9-21(18)37-25)26-23(30)19-8-5-6-17-15-29(27-22(17)19)16-36-38(32,33)34;1-5-25-18(23)22-12-10-20(11-13-22)14-16(21-27(24)19(2,3)4)15-8-6-7-9-17(15)26-20;1-2-20-15(19)17-9-7-16(8-10-17)11-13(18)12-5-3-4-6-14(12)21-16;1-2-12-8(11)9-5-3-7(10)4-6-9;1-6(9)7-4-2-3-5-8(7)10;2*5-4(1-6,2-7)3-8;1-4(2,3)7(5)6;;;;/h3-9,15,20H,2,10-14,16H2,1H3,(H,26,30)(H2,32,33,34);6-9H,5,10-14H2,1-4H3;3-6H,2,7-11H2,1H3;2-6H2,1H3;2-5,10H,1H3;2*6-8H,1-3,5H2;5H2,1-3H3;1H4;;;/q;;;;;;;;;;+1;-1/t20-;27-;;;;;;7-;;;;/m00.....0..../s1. The molecule has 7 aliphatic rings. The van der Waals surface area contributed by atoms with Crippen molar-refractivity contribution in [3.05, 3.63) is 149 Å². The number of fused-ring (bicyclic) bond motifs is 4. The predicted octanol–water partition coefficient (Wildman–Crippen LogP) is 5.21. The van der Waals surface area contributed by atoms with Gasteiger partial charge in [-0.25, -0.2) is 36.8 Å². The van der Waals surface area contributed by atoms with Gasteiger partial charge < -0.3 is 117 Å². The number of phosphoric acid groups is 1. The zero-order valence-electron chi connectivity index (χ0n) is 78.8. The number of hydrogen-bond acceptors (Lipinski definition) is 29. The number of hydrogen-bond donors (Lipinski definition) is 13. The number of benzene rings is 5. The number of nitrogens with one attached hydrogen (secondary N) is 1. The number of ether oxygens (including phenoxy) is 7. The van der Waals surface area contributed by atoms with E-state index in [0.29, 0.717) is 189 Å². The van der Waals surface area contributed by atoms with Gasteiger partial charge in [-0.2, -0.15) is 9.50 Å². The molecule has 44 heteroatoms. The van der Waals surface area contributed by atoms with Crippen molar-refractivity contribution in [3.63, 3.8) is 0 Å². The zero-order chi connectivity index (χ0) is 97.3. The number of phenols is 1. The van der Waals surface area contributed by atoms with Crippen LogP contribution in [0.5, 0.6) is 23.0 Å². The summed E-state index contributed by atoms with van der Waals surface area (Å²) >= 11 is 0. The first-order valence-electron chi connectivity index (χ1n) is 43.0. The van der Waals surface area contributed by atoms with Crippen LogP contribution in [0.15, 0.2) is 126 Å². The Labute approximate surface area is 813 Å². The molecule has 3 radical (unpaired) electrons. The average molecular weight is 1950 g/mol. The predicted molar refractivity (Wildman–Crippen MR) is 502 cm³/mol. The normalized spacial score (nSPS) is 17.3. The van der Waals surface area contributed by atoms with Crippen molar-refractivity contribution in [2.75, 3.05) is 118 Å². The number of para-hydroxylation sites is 4. The third-order valence-corrected chi connectivity index (χ3v) is 24.7. The van der Waals surface area contributed by atoms with Crippen molar-refractivity contribution < 1.29 is 166 Å². The summed E-state index contributed by atoms with van der Waals surface area (Å²) < 4.78 is 82.8. The number of nitrogens with two attached hydrogens (primary N) is 3. The monoisotopic (exact) mass is 1950 g/mol. The second kappa shape index (κ2) is 55.5. The summed E-state index contributed by atoms with van der Waals surface area (Å²) in [5.41, 5.74) is 10.8. The second-order valence-electron chi connectivity index (χ2n) is 33.9. The molecule has 1 aromatic heterocycles. The maximum absolute atomic E-state index is 13.5. The summed E-state index contributed by atoms with van der Waals surface area (Å²) in [4.78, 5) is 119. The SMILES string of the molecule is C.CC(=O)c1ccccc1O.CC(C)(C)[S@@](N)=O.CCOC(=O)N1CCC(=O)CC1.CCOC(=O)N1CCC2(CC1)CC(=N[S@@](=O)C(C)(C)C)c1ccccc1O2.CCOC(=O)N1CCC2(CC1)CC(=O)c1ccccc1O2.CCOC(=O)N1CCC2(CC1)C[C@H](NC(=O)c1cccc3cn(COP(=O)(O)O)nc13)c1ccccc1O2.NC(CO)(CO)CO.NC(CO)(CO)CO.[B].[H-].[Na+]. The number of Topliss-reactive ketones (excluding diaryl/α,β-unsaturated/α-hetero) is 3. The molecule has 4 saturated heterocycles. The molecule has 4 fully saturated rings. The number of carbonyl (C=O) groups excluding carboxylic acids is 8. The molecule has 0 bridgehead atoms. The van der Waals surface area contributed by atoms with Gasteiger partial charge in [-0.1, -0.05) is 74.2 Å². The van der Waals surface area contributed by atoms with Crippen LogP contribution in [-0.2, 0) is 61.5 Å². The number of phosphoric ester groups is 1. The topological polar surface area (TPSA) is 577 Å². The number of piperidine rings is 4. The van der Waals surface area contributed by atoms with E-state index >= 15 is 0 Å². The van der Waals surface area contributed by atoms with Crippen LogP contribution in [0, 0.1) is 0 Å². The number of amides is 5. The Kier molecular flexibility index (Phi) is 49.4. The second-order valence-corrected chi connectivity index (χ2v) is 38.9. The molecule has 7 aliphatic heterocycles. The Morgan fingerprint density at radius 1 is 0.560 bits per heavy atom. The van der Waals surface area contributed by atoms with Crippen molar-refractivity contribution in [1.82, 2.24) is 34.7 Å². The van der Waals surface area contributed by atoms with E-state index in [-0.39, 0.29) is 111 Å². The van der Waals surface area contributed by atoms with Gasteiger partial charge >= 0.3 is 61.8 Å². The minimum absolute atomic E-state index is 0. The van der Waals surface area contributed by atoms with Crippen LogP contribution in [0.25, 0.3) is 10.9 Å². The molecule has 3 atom stereocenters. The summed E-state index contributed by atoms with van der Waals surface area (Å²) in [6, 6.07) is 34.0. The number of likely N-dealkylation sites (tertiary alicyclic amines) is 4. The number of aliphatic hydroxyl groups is 6. The maximum atomic E-state index is 13.5. The van der Waals surface area contributed by atoms with Gasteiger partial charge in [-0.15, -0.1) is 0 Å². The van der Waals surface area contributed by atoms with Crippen molar-refractivity contribution in [1.29, 1.82) is 0 Å². The van der Waals surface area contributed by atoms with Gasteiger partial charge in [-0.05, 0) is 125 Å². The van der Waals surface area contributed by atoms with E-state index in [4.69, 9.17) is 95.3 Å². The maximum Gasteiger partial charge on any atom is 1.00 e. The summed E-state index contributed by atoms with van der Waals surface area (Å²) in [6.07, 6.45) is 6.75. The van der Waals surface area contributed by atoms with Gasteiger partial charge in [0.05, 0.1) is 132 Å². The molecule has 16 N–H and O–H groups in total. The first-order chi connectivity index (χ1) is 61.8. The van der Waals surface area contributed by atoms with Crippen molar-refractivity contribution >= 4 is 102 Å². The van der Waals surface area contributed by atoms with Gasteiger partial charge in [0.1, 0.15) is 62.1 Å². The molecule has 8 heterocycles. The molecule has 5 aromatic carbocycles. The Morgan fingerprint density at radius 3 is 1.34 bits per heavy atom. The first kappa shape index (κ1) is 119. The molecule has 134 heavy (non-hydrogen) atoms. The minimum atomic E-state index is -4.67. The van der Waals surface area contributed by atoms with Crippen LogP contribution >= 0.6 is 7.82 Å². The molecule has 39 nitrogen and oxygen atoms in total. The molecule has 13 rings (SSSR count). The molecule has 6 aromatic rings. The van der Waals surface area contributed by atoms with Crippen molar-refractivity contribution in [2.45, 2.75) is 204 Å². The van der Waals surface area contributed by atoms with Gasteiger partial charge in [0.2, 0.25) is 0 Å². The number of rotatable bonds is 17. The fraction of sp³-hybridized carbons (Fsp3) is 0.556. The van der Waals surface area contributed by atoms with Crippen LogP contribution < -0.4 is 65.7 Å². The van der Waals surface area contributed by atoms with E-state index in [0.717, 1.165) is 22.6 Å². The molecule has 0 aliphatic carbocycles. The quantitative estimate of drug-likeness (QED) is 0.0241. The smallest absolute Gasteiger partial charge is 1.00 e. The third-order valence-electron chi connectivity index (χ3n) is 21.6. The van der Waals surface area contributed by atoms with E-state index < -0.39 is 109 Å². The minimum Gasteiger partial charge on any atom is -1.00 e. The molecule has 0 saturated carbocycles. The number of aromatic nitrogens is 2. The molecule has 5 amide bonds. The largest absolute Gasteiger partial charge is 1.00 e. The fourth-order valence-electron chi connectivity index (χ4n) is 13.7. The van der Waals surface area contributed by atoms with Crippen LogP contribution in [0.4, 0.5) is 19.2 Å². The van der Waals surface area contributed by atoms with Gasteiger partial charge in [0, 0.05) is 148 Å². The summed E-state index contributed by atoms with van der Waals surface area (Å²) in [5.74, 6) is 2.10. The number of aliphatic hydroxyl groups excluding tert-OH is 6. The van der Waals surface area contributed by atoms with E-state index in [9.17, 15) is 51.3 Å². The van der Waals surface area contributed by atoms with Gasteiger partial charge in [-0.3, -0.25) is 28.8 Å². The number of ketones is 3. The average Bonchev–Trinajstić information content (AvgIpc) is 1.13. The Balaban J connectivity index is 0.000000561. The Hall–Kier alpha value is -8.89. The van der Waals surface area contributed by atoms with Gasteiger partial charge in [0.15, 0.2) is 18.3 Å². The number of nitrogens with zero attached hydrogens (tertiary/aromatic N) is 7. The molecular weight excluding hydrogens is 1810 g/mol. The van der Waals surface area contributed by atoms with Crippen LogP contribution in [-0.4, -0.2) is 301 Å². The molecule has 3 spiro atoms.